The summed E-state index contributed by atoms with van der Waals surface area (Å²) >= 11 is 0. The molecule has 0 bridgehead atoms. The number of fused-ring (bicyclic) bond motifs is 5. The molecule has 4 nitrogen and oxygen atoms in total. The Kier molecular flexibility index (Phi) is 4.60. The van der Waals surface area contributed by atoms with E-state index in [9.17, 15) is 14.3 Å². The number of methoxy groups -OCH3 is 1. The quantitative estimate of drug-likeness (QED) is 0.700. The normalized spacial score (nSPS) is 33.7. The van der Waals surface area contributed by atoms with Gasteiger partial charge in [-0.25, -0.2) is 9.18 Å². The van der Waals surface area contributed by atoms with E-state index in [1.165, 1.54) is 13.3 Å². The third-order valence-corrected chi connectivity index (χ3v) is 8.53. The van der Waals surface area contributed by atoms with E-state index in [4.69, 9.17) is 4.74 Å². The SMILES string of the molecule is COC(=O)c1ccc2c(c1)CC[C@@H]1[C@@H]2[C@H](O)C[C@]2(C)C(c3cncc(F)c3)=CC[C@@]12C. The van der Waals surface area contributed by atoms with Crippen LogP contribution in [0.2, 0.25) is 0 Å². The molecule has 1 fully saturated rings. The fourth-order valence-corrected chi connectivity index (χ4v) is 6.81. The fourth-order valence-electron chi connectivity index (χ4n) is 6.81. The number of hydrogen-bond acceptors (Lipinski definition) is 4. The lowest BCUT2D eigenvalue weighted by atomic mass is 9.46. The Bertz CT molecular complexity index is 1100. The summed E-state index contributed by atoms with van der Waals surface area (Å²) in [5, 5.41) is 11.4. The van der Waals surface area contributed by atoms with Gasteiger partial charge in [-0.1, -0.05) is 26.0 Å². The molecule has 2 aromatic rings. The molecule has 1 saturated carbocycles. The maximum absolute atomic E-state index is 13.9. The first-order valence-corrected chi connectivity index (χ1v) is 11.0. The number of rotatable bonds is 2. The molecule has 0 radical (unpaired) electrons. The highest BCUT2D eigenvalue weighted by atomic mass is 19.1. The second-order valence-electron chi connectivity index (χ2n) is 9.81. The molecule has 0 saturated heterocycles. The van der Waals surface area contributed by atoms with E-state index in [-0.39, 0.29) is 28.5 Å². The summed E-state index contributed by atoms with van der Waals surface area (Å²) in [6.07, 6.45) is 8.03. The van der Waals surface area contributed by atoms with Crippen LogP contribution in [0.5, 0.6) is 0 Å². The van der Waals surface area contributed by atoms with Crippen LogP contribution < -0.4 is 0 Å². The second kappa shape index (κ2) is 6.99. The van der Waals surface area contributed by atoms with E-state index in [1.54, 1.807) is 12.3 Å². The summed E-state index contributed by atoms with van der Waals surface area (Å²) in [7, 11) is 1.39. The van der Waals surface area contributed by atoms with E-state index in [0.717, 1.165) is 41.5 Å². The summed E-state index contributed by atoms with van der Waals surface area (Å²) in [5.74, 6) is -0.334. The van der Waals surface area contributed by atoms with Crippen LogP contribution in [0.15, 0.2) is 42.7 Å². The minimum atomic E-state index is -0.505. The van der Waals surface area contributed by atoms with E-state index >= 15 is 0 Å². The van der Waals surface area contributed by atoms with Gasteiger partial charge in [0, 0.05) is 17.5 Å². The maximum Gasteiger partial charge on any atom is 0.337 e. The van der Waals surface area contributed by atoms with Crippen molar-refractivity contribution in [2.24, 2.45) is 16.7 Å². The number of allylic oxidation sites excluding steroid dienone is 2. The number of aliphatic hydroxyl groups is 1. The molecule has 162 valence electrons. The van der Waals surface area contributed by atoms with Crippen molar-refractivity contribution in [1.29, 1.82) is 0 Å². The standard InChI is InChI=1S/C26H28FNO3/c1-25-9-8-20(17-11-18(27)14-28-13-17)26(25,2)12-22(29)23-19-6-4-16(24(30)31-3)10-15(19)5-7-21(23)25/h4,6,8,10-11,13-14,21-23,29H,5,7,9,12H2,1-3H3/t21-,22-,23-,25+,26-/m1/s1. The summed E-state index contributed by atoms with van der Waals surface area (Å²) < 4.78 is 18.8. The topological polar surface area (TPSA) is 59.4 Å². The van der Waals surface area contributed by atoms with Gasteiger partial charge >= 0.3 is 5.97 Å². The number of halogens is 1. The zero-order chi connectivity index (χ0) is 22.0. The highest BCUT2D eigenvalue weighted by Gasteiger charge is 2.62. The highest BCUT2D eigenvalue weighted by Crippen LogP contribution is 2.69. The molecule has 1 aromatic carbocycles. The first kappa shape index (κ1) is 20.4. The second-order valence-corrected chi connectivity index (χ2v) is 9.81. The summed E-state index contributed by atoms with van der Waals surface area (Å²) in [6, 6.07) is 7.30. The zero-order valence-corrected chi connectivity index (χ0v) is 18.2. The minimum absolute atomic E-state index is 0.0342. The molecule has 5 heteroatoms. The largest absolute Gasteiger partial charge is 0.465 e. The average molecular weight is 422 g/mol. The molecule has 3 aliphatic carbocycles. The Balaban J connectivity index is 1.54. The predicted octanol–water partition coefficient (Wildman–Crippen LogP) is 4.92. The van der Waals surface area contributed by atoms with Crippen LogP contribution in [0.25, 0.3) is 5.57 Å². The Hall–Kier alpha value is -2.53. The number of benzene rings is 1. The van der Waals surface area contributed by atoms with E-state index in [2.05, 4.69) is 24.9 Å². The molecule has 3 aliphatic rings. The smallest absolute Gasteiger partial charge is 0.337 e. The average Bonchev–Trinajstić information content (AvgIpc) is 3.03. The van der Waals surface area contributed by atoms with Crippen LogP contribution in [0.4, 0.5) is 4.39 Å². The van der Waals surface area contributed by atoms with Crippen molar-refractivity contribution >= 4 is 11.5 Å². The predicted molar refractivity (Wildman–Crippen MR) is 116 cm³/mol. The van der Waals surface area contributed by atoms with Gasteiger partial charge in [-0.3, -0.25) is 4.98 Å². The number of nitrogens with zero attached hydrogens (tertiary/aromatic N) is 1. The van der Waals surface area contributed by atoms with Crippen LogP contribution in [-0.4, -0.2) is 29.3 Å². The number of ether oxygens (including phenoxy) is 1. The number of aryl methyl sites for hydroxylation is 1. The Morgan fingerprint density at radius 2 is 2.06 bits per heavy atom. The summed E-state index contributed by atoms with van der Waals surface area (Å²) in [5.41, 5.74) is 4.46. The first-order valence-electron chi connectivity index (χ1n) is 11.0. The molecule has 0 unspecified atom stereocenters. The van der Waals surface area contributed by atoms with Crippen molar-refractivity contribution in [3.63, 3.8) is 0 Å². The van der Waals surface area contributed by atoms with Gasteiger partial charge in [0.2, 0.25) is 0 Å². The molecular formula is C26H28FNO3. The Labute approximate surface area is 182 Å². The van der Waals surface area contributed by atoms with Crippen molar-refractivity contribution in [1.82, 2.24) is 4.98 Å². The number of carbonyl (C=O) groups is 1. The van der Waals surface area contributed by atoms with Crippen LogP contribution in [0.1, 0.15) is 66.1 Å². The molecule has 1 heterocycles. The lowest BCUT2D eigenvalue weighted by molar-refractivity contribution is -0.0763. The van der Waals surface area contributed by atoms with Gasteiger partial charge < -0.3 is 9.84 Å². The van der Waals surface area contributed by atoms with Gasteiger partial charge in [-0.2, -0.15) is 0 Å². The third kappa shape index (κ3) is 2.82. The molecule has 5 rings (SSSR count). The fraction of sp³-hybridized carbons (Fsp3) is 0.462. The number of pyridine rings is 1. The molecule has 0 amide bonds. The summed E-state index contributed by atoms with van der Waals surface area (Å²) in [4.78, 5) is 16.0. The molecule has 1 aromatic heterocycles. The number of aliphatic hydroxyl groups excluding tert-OH is 1. The van der Waals surface area contributed by atoms with Crippen molar-refractivity contribution < 1.29 is 19.0 Å². The van der Waals surface area contributed by atoms with Crippen molar-refractivity contribution in [3.05, 3.63) is 70.8 Å². The number of carbonyl (C=O) groups excluding carboxylic acids is 1. The van der Waals surface area contributed by atoms with Crippen LogP contribution >= 0.6 is 0 Å². The minimum Gasteiger partial charge on any atom is -0.465 e. The van der Waals surface area contributed by atoms with Gasteiger partial charge in [0.15, 0.2) is 0 Å². The van der Waals surface area contributed by atoms with Gasteiger partial charge in [-0.05, 0) is 77.5 Å². The Morgan fingerprint density at radius 1 is 1.26 bits per heavy atom. The molecule has 5 atom stereocenters. The van der Waals surface area contributed by atoms with Gasteiger partial charge in [0.1, 0.15) is 5.82 Å². The van der Waals surface area contributed by atoms with E-state index < -0.39 is 6.10 Å². The lowest BCUT2D eigenvalue weighted by Gasteiger charge is -2.59. The van der Waals surface area contributed by atoms with Crippen molar-refractivity contribution in [3.8, 4) is 0 Å². The van der Waals surface area contributed by atoms with Crippen molar-refractivity contribution in [2.45, 2.75) is 51.6 Å². The Morgan fingerprint density at radius 3 is 2.81 bits per heavy atom. The third-order valence-electron chi connectivity index (χ3n) is 8.53. The monoisotopic (exact) mass is 421 g/mol. The van der Waals surface area contributed by atoms with Crippen LogP contribution in [0, 0.1) is 22.6 Å². The van der Waals surface area contributed by atoms with E-state index in [0.29, 0.717) is 17.9 Å². The zero-order valence-electron chi connectivity index (χ0n) is 18.2. The number of esters is 1. The molecule has 0 spiro atoms. The summed E-state index contributed by atoms with van der Waals surface area (Å²) in [6.45, 7) is 4.56. The number of hydrogen-bond donors (Lipinski definition) is 1. The molecular weight excluding hydrogens is 393 g/mol. The molecule has 1 N–H and O–H groups in total. The van der Waals surface area contributed by atoms with Gasteiger partial charge in [-0.15, -0.1) is 0 Å². The van der Waals surface area contributed by atoms with Gasteiger partial charge in [0.25, 0.3) is 0 Å². The maximum atomic E-state index is 13.9. The molecule has 0 aliphatic heterocycles. The van der Waals surface area contributed by atoms with Crippen LogP contribution in [-0.2, 0) is 11.2 Å². The van der Waals surface area contributed by atoms with Crippen LogP contribution in [0.3, 0.4) is 0 Å². The van der Waals surface area contributed by atoms with Crippen molar-refractivity contribution in [2.75, 3.05) is 7.11 Å². The first-order chi connectivity index (χ1) is 14.8. The molecule has 31 heavy (non-hydrogen) atoms. The van der Waals surface area contributed by atoms with Gasteiger partial charge in [0.05, 0.1) is 25.0 Å². The highest BCUT2D eigenvalue weighted by molar-refractivity contribution is 5.89. The lowest BCUT2D eigenvalue weighted by Crippen LogP contribution is -2.53. The van der Waals surface area contributed by atoms with E-state index in [1.807, 2.05) is 18.2 Å². The number of aromatic nitrogens is 1.